The topological polar surface area (TPSA) is 72.4 Å². The number of nitrogens with zero attached hydrogens (tertiary/aromatic N) is 3. The molecule has 104 valence electrons. The summed E-state index contributed by atoms with van der Waals surface area (Å²) in [5, 5.41) is 0.932. The number of fused-ring (bicyclic) bond motifs is 1. The van der Waals surface area contributed by atoms with Crippen molar-refractivity contribution in [2.75, 3.05) is 17.5 Å². The van der Waals surface area contributed by atoms with Gasteiger partial charge in [-0.3, -0.25) is 4.31 Å². The highest BCUT2D eigenvalue weighted by Crippen LogP contribution is 2.36. The molecular weight excluding hydrogens is 266 g/mol. The number of aromatic nitrogens is 2. The third kappa shape index (κ3) is 2.70. The van der Waals surface area contributed by atoms with E-state index in [0.29, 0.717) is 42.8 Å². The minimum absolute atomic E-state index is 0.321. The van der Waals surface area contributed by atoms with Gasteiger partial charge in [0.25, 0.3) is 10.0 Å². The average Bonchev–Trinajstić information content (AvgIpc) is 2.81. The van der Waals surface area contributed by atoms with Crippen LogP contribution < -0.4 is 9.04 Å². The van der Waals surface area contributed by atoms with Crippen molar-refractivity contribution in [1.82, 2.24) is 9.97 Å². The Morgan fingerprint density at radius 3 is 2.89 bits per heavy atom. The molecule has 0 fully saturated rings. The number of rotatable bonds is 5. The highest BCUT2D eigenvalue weighted by molar-refractivity contribution is 7.95. The van der Waals surface area contributed by atoms with Crippen LogP contribution in [0.1, 0.15) is 19.5 Å². The first-order chi connectivity index (χ1) is 8.95. The van der Waals surface area contributed by atoms with Crippen LogP contribution in [0.5, 0.6) is 5.88 Å². The van der Waals surface area contributed by atoms with E-state index >= 15 is 0 Å². The summed E-state index contributed by atoms with van der Waals surface area (Å²) in [5.74, 6) is 0.651. The monoisotopic (exact) mass is 283 g/mol. The molecule has 1 aromatic heterocycles. The zero-order chi connectivity index (χ0) is 14.0. The predicted octanol–water partition coefficient (Wildman–Crippen LogP) is 1.35. The molecular formula is C12H17N3O3S. The summed E-state index contributed by atoms with van der Waals surface area (Å²) in [4.78, 5) is 8.16. The van der Waals surface area contributed by atoms with Crippen molar-refractivity contribution in [2.24, 2.45) is 5.92 Å². The van der Waals surface area contributed by atoms with Crippen molar-refractivity contribution in [2.45, 2.75) is 20.3 Å². The van der Waals surface area contributed by atoms with Crippen LogP contribution in [-0.2, 0) is 16.4 Å². The van der Waals surface area contributed by atoms with Gasteiger partial charge in [0.1, 0.15) is 12.0 Å². The Morgan fingerprint density at radius 1 is 1.53 bits per heavy atom. The quantitative estimate of drug-likeness (QED) is 0.815. The molecule has 0 atom stereocenters. The standard InChI is InChI=1S/C12H17N3O3S/c1-4-19(16,17)15-6-5-10-11(15)12(14-8-13-10)18-7-9(2)3/h4,8-9H,1,5-7H2,2-3H3. The van der Waals surface area contributed by atoms with Crippen LogP contribution in [0.15, 0.2) is 18.3 Å². The summed E-state index contributed by atoms with van der Waals surface area (Å²) in [6, 6.07) is 0. The molecule has 7 heteroatoms. The van der Waals surface area contributed by atoms with Crippen LogP contribution in [0.3, 0.4) is 0 Å². The van der Waals surface area contributed by atoms with Crippen LogP contribution in [0.25, 0.3) is 0 Å². The van der Waals surface area contributed by atoms with Crippen molar-refractivity contribution < 1.29 is 13.2 Å². The van der Waals surface area contributed by atoms with Crippen LogP contribution in [-0.4, -0.2) is 31.5 Å². The Morgan fingerprint density at radius 2 is 2.26 bits per heavy atom. The highest BCUT2D eigenvalue weighted by atomic mass is 32.2. The second-order valence-electron chi connectivity index (χ2n) is 4.71. The van der Waals surface area contributed by atoms with Crippen LogP contribution in [0, 0.1) is 5.92 Å². The summed E-state index contributed by atoms with van der Waals surface area (Å²) in [6.07, 6.45) is 1.96. The highest BCUT2D eigenvalue weighted by Gasteiger charge is 2.32. The molecule has 0 aromatic carbocycles. The Labute approximate surface area is 113 Å². The lowest BCUT2D eigenvalue weighted by Gasteiger charge is -2.19. The van der Waals surface area contributed by atoms with Crippen molar-refractivity contribution in [3.8, 4) is 5.88 Å². The van der Waals surface area contributed by atoms with Gasteiger partial charge in [-0.2, -0.15) is 4.98 Å². The molecule has 2 rings (SSSR count). The van der Waals surface area contributed by atoms with E-state index in [-0.39, 0.29) is 0 Å². The van der Waals surface area contributed by atoms with E-state index in [0.717, 1.165) is 5.41 Å². The zero-order valence-electron chi connectivity index (χ0n) is 11.0. The summed E-state index contributed by atoms with van der Waals surface area (Å²) in [5.41, 5.74) is 1.14. The third-order valence-corrected chi connectivity index (χ3v) is 4.14. The predicted molar refractivity (Wildman–Crippen MR) is 72.5 cm³/mol. The van der Waals surface area contributed by atoms with Gasteiger partial charge in [-0.05, 0) is 5.92 Å². The Hall–Kier alpha value is -1.63. The fourth-order valence-corrected chi connectivity index (χ4v) is 2.81. The smallest absolute Gasteiger partial charge is 0.257 e. The largest absolute Gasteiger partial charge is 0.476 e. The molecule has 1 aliphatic heterocycles. The maximum Gasteiger partial charge on any atom is 0.257 e. The molecule has 1 aromatic rings. The van der Waals surface area contributed by atoms with Crippen molar-refractivity contribution in [1.29, 1.82) is 0 Å². The molecule has 0 unspecified atom stereocenters. The molecule has 0 bridgehead atoms. The van der Waals surface area contributed by atoms with Gasteiger partial charge in [0.15, 0.2) is 0 Å². The van der Waals surface area contributed by atoms with Crippen molar-refractivity contribution in [3.63, 3.8) is 0 Å². The SMILES string of the molecule is C=CS(=O)(=O)N1CCc2ncnc(OCC(C)C)c21. The van der Waals surface area contributed by atoms with Gasteiger partial charge in [-0.25, -0.2) is 13.4 Å². The Kier molecular flexibility index (Phi) is 3.75. The second kappa shape index (κ2) is 5.16. The van der Waals surface area contributed by atoms with E-state index in [2.05, 4.69) is 16.5 Å². The van der Waals surface area contributed by atoms with Gasteiger partial charge >= 0.3 is 0 Å². The summed E-state index contributed by atoms with van der Waals surface area (Å²) in [6.45, 7) is 8.19. The van der Waals surface area contributed by atoms with E-state index in [1.54, 1.807) is 0 Å². The van der Waals surface area contributed by atoms with E-state index < -0.39 is 10.0 Å². The lowest BCUT2D eigenvalue weighted by atomic mass is 10.2. The molecule has 0 saturated carbocycles. The summed E-state index contributed by atoms with van der Waals surface area (Å²) >= 11 is 0. The van der Waals surface area contributed by atoms with Gasteiger partial charge < -0.3 is 4.74 Å². The fourth-order valence-electron chi connectivity index (χ4n) is 1.85. The maximum absolute atomic E-state index is 12.0. The van der Waals surface area contributed by atoms with E-state index in [1.165, 1.54) is 10.6 Å². The molecule has 2 heterocycles. The first-order valence-electron chi connectivity index (χ1n) is 6.07. The molecule has 19 heavy (non-hydrogen) atoms. The number of sulfonamides is 1. The van der Waals surface area contributed by atoms with Crippen molar-refractivity contribution >= 4 is 15.7 Å². The van der Waals surface area contributed by atoms with E-state index in [9.17, 15) is 8.42 Å². The minimum Gasteiger partial charge on any atom is -0.476 e. The fraction of sp³-hybridized carbons (Fsp3) is 0.500. The Bertz CT molecular complexity index is 584. The van der Waals surface area contributed by atoms with Gasteiger partial charge in [-0.15, -0.1) is 0 Å². The first-order valence-corrected chi connectivity index (χ1v) is 7.58. The number of anilines is 1. The molecule has 0 amide bonds. The molecule has 6 nitrogen and oxygen atoms in total. The lowest BCUT2D eigenvalue weighted by Crippen LogP contribution is -2.27. The van der Waals surface area contributed by atoms with Gasteiger partial charge in [0.2, 0.25) is 5.88 Å². The van der Waals surface area contributed by atoms with Crippen LogP contribution >= 0.6 is 0 Å². The molecule has 0 spiro atoms. The maximum atomic E-state index is 12.0. The minimum atomic E-state index is -3.54. The molecule has 0 radical (unpaired) electrons. The normalized spacial score (nSPS) is 14.6. The molecule has 0 N–H and O–H groups in total. The number of hydrogen-bond acceptors (Lipinski definition) is 5. The van der Waals surface area contributed by atoms with Crippen LogP contribution in [0.4, 0.5) is 5.69 Å². The lowest BCUT2D eigenvalue weighted by molar-refractivity contribution is 0.262. The average molecular weight is 283 g/mol. The summed E-state index contributed by atoms with van der Waals surface area (Å²) in [7, 11) is -3.54. The number of ether oxygens (including phenoxy) is 1. The van der Waals surface area contributed by atoms with Crippen molar-refractivity contribution in [3.05, 3.63) is 24.0 Å². The van der Waals surface area contributed by atoms with Crippen LogP contribution in [0.2, 0.25) is 0 Å². The molecule has 1 aliphatic rings. The third-order valence-electron chi connectivity index (χ3n) is 2.74. The first kappa shape index (κ1) is 13.8. The summed E-state index contributed by atoms with van der Waals surface area (Å²) < 4.78 is 30.7. The van der Waals surface area contributed by atoms with Gasteiger partial charge in [-0.1, -0.05) is 20.4 Å². The van der Waals surface area contributed by atoms with E-state index in [1.807, 2.05) is 13.8 Å². The Balaban J connectivity index is 2.39. The van der Waals surface area contributed by atoms with Gasteiger partial charge in [0.05, 0.1) is 12.3 Å². The molecule has 0 saturated heterocycles. The van der Waals surface area contributed by atoms with Gasteiger partial charge in [0, 0.05) is 18.4 Å². The molecule has 0 aliphatic carbocycles. The zero-order valence-corrected chi connectivity index (χ0v) is 11.9. The second-order valence-corrected chi connectivity index (χ2v) is 6.52. The van der Waals surface area contributed by atoms with E-state index in [4.69, 9.17) is 4.74 Å². The number of hydrogen-bond donors (Lipinski definition) is 0.